The van der Waals surface area contributed by atoms with Gasteiger partial charge in [-0.05, 0) is 73.3 Å². The highest BCUT2D eigenvalue weighted by molar-refractivity contribution is 5.91. The minimum Gasteiger partial charge on any atom is -0.453 e. The number of hydrogen-bond donors (Lipinski definition) is 5. The number of ether oxygens (including phenoxy) is 1. The Bertz CT molecular complexity index is 2520. The highest BCUT2D eigenvalue weighted by Gasteiger charge is 2.39. The van der Waals surface area contributed by atoms with Gasteiger partial charge >= 0.3 is 12.1 Å². The number of nitrogens with one attached hydrogen (secondary N) is 5. The summed E-state index contributed by atoms with van der Waals surface area (Å²) >= 11 is 0. The summed E-state index contributed by atoms with van der Waals surface area (Å²) in [6.07, 6.45) is 13.0. The number of aromatic amines is 2. The van der Waals surface area contributed by atoms with Crippen molar-refractivity contribution >= 4 is 34.8 Å². The average Bonchev–Trinajstić information content (AvgIpc) is 4.14. The highest BCUT2D eigenvalue weighted by atomic mass is 16.5. The first-order chi connectivity index (χ1) is 30.0. The number of imidazole rings is 2. The lowest BCUT2D eigenvalue weighted by Crippen LogP contribution is -2.52. The number of hydrogen-bond acceptors (Lipinski definition) is 8. The smallest absolute Gasteiger partial charge is 0.407 e. The molecule has 5 heterocycles. The van der Waals surface area contributed by atoms with Gasteiger partial charge in [-0.15, -0.1) is 0 Å². The molecular weight excluding hydrogens is 785 g/mol. The average molecular weight is 839 g/mol. The second-order valence-corrected chi connectivity index (χ2v) is 16.7. The fourth-order valence-electron chi connectivity index (χ4n) is 8.89. The van der Waals surface area contributed by atoms with Crippen molar-refractivity contribution < 1.29 is 23.9 Å². The summed E-state index contributed by atoms with van der Waals surface area (Å²) in [6, 6.07) is 16.1. The SMILES string of the molecule is CNC(=O)N[C@@H](C(=O)N1CCC[C@H]1c1ncc(-c2ccc(-c3ccc4cc(-c5cnc([C@@H]6CCCN6C(=O)[C@@H](NC(=O)OC)C(C)C)[nH]5)ccc4n3)cc2)[nH]1)C1=CC=CCC1C. The van der Waals surface area contributed by atoms with Crippen molar-refractivity contribution in [3.05, 3.63) is 102 Å². The van der Waals surface area contributed by atoms with Crippen molar-refractivity contribution in [3.8, 4) is 33.8 Å². The lowest BCUT2D eigenvalue weighted by molar-refractivity contribution is -0.135. The molecule has 5 amide bonds. The third kappa shape index (κ3) is 8.56. The Kier molecular flexibility index (Phi) is 12.2. The molecule has 5 atom stereocenters. The van der Waals surface area contributed by atoms with E-state index in [0.29, 0.717) is 18.9 Å². The van der Waals surface area contributed by atoms with Crippen LogP contribution in [0, 0.1) is 11.8 Å². The van der Waals surface area contributed by atoms with E-state index in [2.05, 4.69) is 51.1 Å². The lowest BCUT2D eigenvalue weighted by Gasteiger charge is -2.32. The van der Waals surface area contributed by atoms with Gasteiger partial charge in [-0.25, -0.2) is 24.5 Å². The number of benzene rings is 2. The number of urea groups is 1. The van der Waals surface area contributed by atoms with Gasteiger partial charge in [0, 0.05) is 36.7 Å². The zero-order chi connectivity index (χ0) is 43.5. The summed E-state index contributed by atoms with van der Waals surface area (Å²) in [5.41, 5.74) is 7.18. The Morgan fingerprint density at radius 2 is 1.44 bits per heavy atom. The van der Waals surface area contributed by atoms with E-state index in [1.165, 1.54) is 7.11 Å². The van der Waals surface area contributed by atoms with E-state index < -0.39 is 24.2 Å². The maximum absolute atomic E-state index is 14.1. The van der Waals surface area contributed by atoms with Crippen LogP contribution >= 0.6 is 0 Å². The van der Waals surface area contributed by atoms with Gasteiger partial charge in [0.25, 0.3) is 0 Å². The molecule has 5 N–H and O–H groups in total. The molecule has 15 nitrogen and oxygen atoms in total. The molecule has 8 rings (SSSR count). The van der Waals surface area contributed by atoms with Crippen LogP contribution in [0.5, 0.6) is 0 Å². The molecule has 5 aromatic rings. The number of rotatable bonds is 11. The Hall–Kier alpha value is -6.77. The summed E-state index contributed by atoms with van der Waals surface area (Å²) < 4.78 is 4.77. The molecule has 3 aromatic heterocycles. The molecule has 2 aromatic carbocycles. The summed E-state index contributed by atoms with van der Waals surface area (Å²) in [5, 5.41) is 9.18. The zero-order valence-electron chi connectivity index (χ0n) is 35.8. The predicted molar refractivity (Wildman–Crippen MR) is 236 cm³/mol. The number of pyridine rings is 1. The number of allylic oxidation sites excluding steroid dienone is 3. The number of amides is 5. The number of alkyl carbamates (subject to hydrolysis) is 1. The second kappa shape index (κ2) is 18.1. The Morgan fingerprint density at radius 1 is 0.806 bits per heavy atom. The third-order valence-electron chi connectivity index (χ3n) is 12.3. The standard InChI is InChI=1S/C47H54N10O5/c1-27(2)40(55-47(61)62-5)44(58)56-22-8-12-38(56)43-50-26-37(53-43)32-19-21-35-31(24-32)18-20-34(51-35)29-14-16-30(17-15-29)36-25-49-42(52-36)39-13-9-23-57(39)45(59)41(54-46(60)48-4)33-11-7-6-10-28(33)3/h6-7,11,14-21,24-28,38-41H,8-10,12-13,22-23H2,1-5H3,(H,49,52)(H,50,53)(H,55,61)(H2,48,54,60)/t28?,38-,39-,40-,41+/m0/s1. The van der Waals surface area contributed by atoms with E-state index in [0.717, 1.165) is 88.2 Å². The van der Waals surface area contributed by atoms with Crippen molar-refractivity contribution in [2.24, 2.45) is 11.8 Å². The van der Waals surface area contributed by atoms with Gasteiger partial charge in [-0.2, -0.15) is 0 Å². The van der Waals surface area contributed by atoms with Crippen LogP contribution < -0.4 is 16.0 Å². The zero-order valence-corrected chi connectivity index (χ0v) is 35.8. The predicted octanol–water partition coefficient (Wildman–Crippen LogP) is 7.21. The molecule has 322 valence electrons. The maximum Gasteiger partial charge on any atom is 0.407 e. The number of methoxy groups -OCH3 is 1. The Balaban J connectivity index is 0.942. The number of fused-ring (bicyclic) bond motifs is 1. The molecule has 2 saturated heterocycles. The second-order valence-electron chi connectivity index (χ2n) is 16.7. The van der Waals surface area contributed by atoms with Gasteiger partial charge in [0.2, 0.25) is 11.8 Å². The van der Waals surface area contributed by atoms with Crippen LogP contribution in [0.25, 0.3) is 44.7 Å². The van der Waals surface area contributed by atoms with Crippen LogP contribution in [-0.4, -0.2) is 98.0 Å². The van der Waals surface area contributed by atoms with Gasteiger partial charge in [-0.3, -0.25) is 9.59 Å². The Morgan fingerprint density at radius 3 is 2.06 bits per heavy atom. The largest absolute Gasteiger partial charge is 0.453 e. The van der Waals surface area contributed by atoms with Crippen molar-refractivity contribution in [2.75, 3.05) is 27.2 Å². The normalized spacial score (nSPS) is 19.6. The first-order valence-corrected chi connectivity index (χ1v) is 21.4. The summed E-state index contributed by atoms with van der Waals surface area (Å²) in [7, 11) is 2.84. The molecule has 0 radical (unpaired) electrons. The van der Waals surface area contributed by atoms with E-state index in [9.17, 15) is 19.2 Å². The van der Waals surface area contributed by atoms with E-state index in [1.807, 2.05) is 84.5 Å². The van der Waals surface area contributed by atoms with E-state index in [4.69, 9.17) is 19.7 Å². The number of nitrogens with zero attached hydrogens (tertiary/aromatic N) is 5. The number of carbonyl (C=O) groups excluding carboxylic acids is 4. The molecule has 0 spiro atoms. The summed E-state index contributed by atoms with van der Waals surface area (Å²) in [4.78, 5) is 77.2. The highest BCUT2D eigenvalue weighted by Crippen LogP contribution is 2.36. The molecule has 62 heavy (non-hydrogen) atoms. The van der Waals surface area contributed by atoms with Gasteiger partial charge in [-0.1, -0.05) is 75.4 Å². The van der Waals surface area contributed by atoms with Crippen LogP contribution in [0.4, 0.5) is 9.59 Å². The van der Waals surface area contributed by atoms with Crippen molar-refractivity contribution in [1.29, 1.82) is 0 Å². The quantitative estimate of drug-likeness (QED) is 0.0922. The van der Waals surface area contributed by atoms with Crippen molar-refractivity contribution in [1.82, 2.24) is 50.7 Å². The molecule has 2 aliphatic heterocycles. The maximum atomic E-state index is 14.1. The van der Waals surface area contributed by atoms with Crippen molar-refractivity contribution in [3.63, 3.8) is 0 Å². The number of carbonyl (C=O) groups is 4. The Labute approximate surface area is 360 Å². The number of aromatic nitrogens is 5. The minimum atomic E-state index is -0.760. The van der Waals surface area contributed by atoms with Crippen LogP contribution in [-0.2, 0) is 14.3 Å². The molecule has 1 unspecified atom stereocenters. The minimum absolute atomic E-state index is 0.112. The van der Waals surface area contributed by atoms with Crippen LogP contribution in [0.2, 0.25) is 0 Å². The molecule has 2 fully saturated rings. The third-order valence-corrected chi connectivity index (χ3v) is 12.3. The van der Waals surface area contributed by atoms with Crippen LogP contribution in [0.3, 0.4) is 0 Å². The van der Waals surface area contributed by atoms with Gasteiger partial charge in [0.05, 0.1) is 54.2 Å². The molecular formula is C47H54N10O5. The topological polar surface area (TPSA) is 190 Å². The molecule has 0 bridgehead atoms. The molecule has 3 aliphatic rings. The monoisotopic (exact) mass is 838 g/mol. The van der Waals surface area contributed by atoms with E-state index in [1.54, 1.807) is 13.2 Å². The van der Waals surface area contributed by atoms with Gasteiger partial charge in [0.15, 0.2) is 0 Å². The van der Waals surface area contributed by atoms with Gasteiger partial charge in [0.1, 0.15) is 23.7 Å². The van der Waals surface area contributed by atoms with E-state index in [-0.39, 0.29) is 35.7 Å². The van der Waals surface area contributed by atoms with Crippen LogP contribution in [0.1, 0.15) is 76.6 Å². The van der Waals surface area contributed by atoms with Crippen LogP contribution in [0.15, 0.2) is 90.8 Å². The summed E-state index contributed by atoms with van der Waals surface area (Å²) in [5.74, 6) is 1.18. The fraction of sp³-hybridized carbons (Fsp3) is 0.383. The molecule has 1 aliphatic carbocycles. The number of H-pyrrole nitrogens is 2. The van der Waals surface area contributed by atoms with Gasteiger partial charge < -0.3 is 40.5 Å². The molecule has 15 heteroatoms. The first-order valence-electron chi connectivity index (χ1n) is 21.4. The number of likely N-dealkylation sites (tertiary alicyclic amines) is 2. The fourth-order valence-corrected chi connectivity index (χ4v) is 8.89. The lowest BCUT2D eigenvalue weighted by atomic mass is 9.87. The first kappa shape index (κ1) is 41.9. The molecule has 0 saturated carbocycles. The van der Waals surface area contributed by atoms with Crippen molar-refractivity contribution in [2.45, 2.75) is 77.0 Å². The van der Waals surface area contributed by atoms with E-state index >= 15 is 0 Å². The summed E-state index contributed by atoms with van der Waals surface area (Å²) in [6.45, 7) is 7.05.